The molecule has 0 heterocycles. The fourth-order valence-corrected chi connectivity index (χ4v) is 7.31. The number of alkyl halides is 3. The van der Waals surface area contributed by atoms with E-state index in [1.54, 1.807) is 0 Å². The molecule has 1 N–H and O–H groups in total. The van der Waals surface area contributed by atoms with E-state index < -0.39 is 16.8 Å². The minimum atomic E-state index is -2.88. The molecule has 0 fully saturated rings. The van der Waals surface area contributed by atoms with Crippen molar-refractivity contribution in [2.24, 2.45) is 0 Å². The van der Waals surface area contributed by atoms with Crippen LogP contribution in [0.4, 0.5) is 0 Å². The number of rotatable bonds is 15. The van der Waals surface area contributed by atoms with Crippen molar-refractivity contribution in [3.8, 4) is 0 Å². The first-order valence-corrected chi connectivity index (χ1v) is 12.9. The highest BCUT2D eigenvalue weighted by atomic mass is 35.6. The lowest BCUT2D eigenvalue weighted by Gasteiger charge is -2.29. The molecule has 0 aliphatic heterocycles. The second-order valence-corrected chi connectivity index (χ2v) is 12.5. The van der Waals surface area contributed by atoms with Crippen LogP contribution in [0.25, 0.3) is 0 Å². The summed E-state index contributed by atoms with van der Waals surface area (Å²) in [6, 6.07) is 0. The third-order valence-electron chi connectivity index (χ3n) is 4.52. The highest BCUT2D eigenvalue weighted by Crippen LogP contribution is 2.58. The third kappa shape index (κ3) is 11.6. The molecule has 0 saturated heterocycles. The molecule has 1 unspecified atom stereocenters. The van der Waals surface area contributed by atoms with Gasteiger partial charge in [0, 0.05) is 12.3 Å². The van der Waals surface area contributed by atoms with Crippen LogP contribution in [-0.4, -0.2) is 27.1 Å². The molecule has 0 saturated carbocycles. The van der Waals surface area contributed by atoms with E-state index in [0.717, 1.165) is 38.5 Å². The number of hydrogen-bond acceptors (Lipinski definition) is 2. The molecule has 24 heavy (non-hydrogen) atoms. The molecule has 0 aliphatic rings. The molecule has 0 aliphatic carbocycles. The van der Waals surface area contributed by atoms with Gasteiger partial charge in [-0.1, -0.05) is 113 Å². The predicted octanol–water partition coefficient (Wildman–Crippen LogP) is 7.76. The molecule has 0 aromatic carbocycles. The Kier molecular flexibility index (Phi) is 14.8. The molecule has 0 rings (SSSR count). The van der Waals surface area contributed by atoms with E-state index in [4.69, 9.17) is 34.8 Å². The van der Waals surface area contributed by atoms with E-state index >= 15 is 0 Å². The molecule has 0 amide bonds. The van der Waals surface area contributed by atoms with Crippen molar-refractivity contribution >= 4 is 41.9 Å². The molecule has 1 atom stereocenters. The molecule has 0 radical (unpaired) electrons. The zero-order valence-corrected chi connectivity index (χ0v) is 18.6. The zero-order valence-electron chi connectivity index (χ0n) is 15.4. The Morgan fingerprint density at radius 1 is 0.750 bits per heavy atom. The van der Waals surface area contributed by atoms with Gasteiger partial charge in [-0.15, -0.1) is 0 Å². The molecule has 0 aromatic rings. The first-order chi connectivity index (χ1) is 11.3. The lowest BCUT2D eigenvalue weighted by Crippen LogP contribution is -2.27. The van der Waals surface area contributed by atoms with Crippen LogP contribution in [0.1, 0.15) is 90.9 Å². The summed E-state index contributed by atoms with van der Waals surface area (Å²) in [5, 5.41) is 10.3. The van der Waals surface area contributed by atoms with Gasteiger partial charge in [0.25, 0.3) is 0 Å². The standard InChI is InChI=1S/C18H36Cl3O2P/c1-3-5-7-9-11-13-15-24(23,17(22)18(19,20)21)16-14-12-10-8-6-4-2/h17,22H,3-16H2,1-2H3. The topological polar surface area (TPSA) is 37.3 Å². The van der Waals surface area contributed by atoms with Gasteiger partial charge in [0.05, 0.1) is 0 Å². The van der Waals surface area contributed by atoms with E-state index in [9.17, 15) is 9.67 Å². The summed E-state index contributed by atoms with van der Waals surface area (Å²) in [5.41, 5.74) is 0. The van der Waals surface area contributed by atoms with E-state index in [0.29, 0.717) is 12.3 Å². The van der Waals surface area contributed by atoms with Crippen LogP contribution >= 0.6 is 41.9 Å². The van der Waals surface area contributed by atoms with Crippen molar-refractivity contribution in [1.29, 1.82) is 0 Å². The quantitative estimate of drug-likeness (QED) is 0.167. The predicted molar refractivity (Wildman–Crippen MR) is 110 cm³/mol. The van der Waals surface area contributed by atoms with Crippen LogP contribution in [0, 0.1) is 0 Å². The number of aliphatic hydroxyl groups excluding tert-OH is 1. The van der Waals surface area contributed by atoms with Gasteiger partial charge in [0.2, 0.25) is 3.79 Å². The molecule has 0 spiro atoms. The molecular formula is C18H36Cl3O2P. The zero-order chi connectivity index (χ0) is 18.5. The highest BCUT2D eigenvalue weighted by Gasteiger charge is 2.43. The average molecular weight is 422 g/mol. The molecule has 0 bridgehead atoms. The first-order valence-electron chi connectivity index (χ1n) is 9.60. The SMILES string of the molecule is CCCCCCCCP(=O)(CCCCCCCC)C(O)C(Cl)(Cl)Cl. The van der Waals surface area contributed by atoms with E-state index in [2.05, 4.69) is 13.8 Å². The minimum absolute atomic E-state index is 0.489. The van der Waals surface area contributed by atoms with Gasteiger partial charge in [0.1, 0.15) is 7.14 Å². The number of unbranched alkanes of at least 4 members (excludes halogenated alkanes) is 10. The monoisotopic (exact) mass is 420 g/mol. The average Bonchev–Trinajstić information content (AvgIpc) is 2.52. The van der Waals surface area contributed by atoms with E-state index in [1.165, 1.54) is 38.5 Å². The third-order valence-corrected chi connectivity index (χ3v) is 9.02. The van der Waals surface area contributed by atoms with Crippen molar-refractivity contribution in [2.45, 2.75) is 101 Å². The van der Waals surface area contributed by atoms with Gasteiger partial charge in [0.15, 0.2) is 5.85 Å². The van der Waals surface area contributed by atoms with Crippen molar-refractivity contribution in [1.82, 2.24) is 0 Å². The fourth-order valence-electron chi connectivity index (χ4n) is 2.94. The van der Waals surface area contributed by atoms with E-state index in [-0.39, 0.29) is 0 Å². The van der Waals surface area contributed by atoms with Gasteiger partial charge in [-0.25, -0.2) is 0 Å². The lowest BCUT2D eigenvalue weighted by molar-refractivity contribution is 0.250. The van der Waals surface area contributed by atoms with Crippen LogP contribution < -0.4 is 0 Å². The van der Waals surface area contributed by atoms with Crippen LogP contribution in [0.3, 0.4) is 0 Å². The van der Waals surface area contributed by atoms with Crippen molar-refractivity contribution in [3.05, 3.63) is 0 Å². The largest absolute Gasteiger partial charge is 0.381 e. The van der Waals surface area contributed by atoms with Crippen molar-refractivity contribution in [3.63, 3.8) is 0 Å². The van der Waals surface area contributed by atoms with Crippen molar-refractivity contribution in [2.75, 3.05) is 12.3 Å². The Morgan fingerprint density at radius 3 is 1.42 bits per heavy atom. The summed E-state index contributed by atoms with van der Waals surface area (Å²) in [7, 11) is -2.88. The normalized spacial score (nSPS) is 14.1. The van der Waals surface area contributed by atoms with Crippen LogP contribution in [0.15, 0.2) is 0 Å². The number of halogens is 3. The van der Waals surface area contributed by atoms with Gasteiger partial charge >= 0.3 is 0 Å². The smallest absolute Gasteiger partial charge is 0.222 e. The second kappa shape index (κ2) is 14.2. The van der Waals surface area contributed by atoms with Crippen LogP contribution in [0.2, 0.25) is 0 Å². The Hall–Kier alpha value is 1.06. The lowest BCUT2D eigenvalue weighted by atomic mass is 10.1. The molecule has 146 valence electrons. The molecule has 0 aromatic heterocycles. The van der Waals surface area contributed by atoms with Crippen molar-refractivity contribution < 1.29 is 9.67 Å². The summed E-state index contributed by atoms with van der Waals surface area (Å²) in [5.74, 6) is -1.35. The van der Waals surface area contributed by atoms with Crippen LogP contribution in [0.5, 0.6) is 0 Å². The first kappa shape index (κ1) is 25.1. The summed E-state index contributed by atoms with van der Waals surface area (Å²) < 4.78 is 11.4. The maximum Gasteiger partial charge on any atom is 0.222 e. The van der Waals surface area contributed by atoms with Gasteiger partial charge < -0.3 is 9.67 Å². The number of hydrogen-bond donors (Lipinski definition) is 1. The maximum absolute atomic E-state index is 13.2. The van der Waals surface area contributed by atoms with Crippen LogP contribution in [-0.2, 0) is 4.57 Å². The summed E-state index contributed by atoms with van der Waals surface area (Å²) in [6.07, 6.45) is 14.4. The molecule has 6 heteroatoms. The minimum Gasteiger partial charge on any atom is -0.381 e. The Morgan fingerprint density at radius 2 is 1.08 bits per heavy atom. The van der Waals surface area contributed by atoms with E-state index in [1.807, 2.05) is 0 Å². The Labute approximate surface area is 164 Å². The summed E-state index contributed by atoms with van der Waals surface area (Å²) >= 11 is 17.5. The van der Waals surface area contributed by atoms with Gasteiger partial charge in [-0.3, -0.25) is 0 Å². The molecular weight excluding hydrogens is 386 g/mol. The second-order valence-electron chi connectivity index (χ2n) is 6.85. The maximum atomic E-state index is 13.2. The number of aliphatic hydroxyl groups is 1. The van der Waals surface area contributed by atoms with Gasteiger partial charge in [-0.05, 0) is 12.8 Å². The van der Waals surface area contributed by atoms with Gasteiger partial charge in [-0.2, -0.15) is 0 Å². The highest BCUT2D eigenvalue weighted by molar-refractivity contribution is 7.64. The summed E-state index contributed by atoms with van der Waals surface area (Å²) in [4.78, 5) is 0. The molecule has 2 nitrogen and oxygen atoms in total. The summed E-state index contributed by atoms with van der Waals surface area (Å²) in [6.45, 7) is 4.37. The Bertz CT molecular complexity index is 326. The Balaban J connectivity index is 4.37. The fraction of sp³-hybridized carbons (Fsp3) is 1.00.